The normalized spacial score (nSPS) is 11.6. The number of anilines is 3. The average molecular weight is 625 g/mol. The molecule has 0 heterocycles. The predicted molar refractivity (Wildman–Crippen MR) is 155 cm³/mol. The maximum atomic E-state index is 13.4. The smallest absolute Gasteiger partial charge is 0.264 e. The van der Waals surface area contributed by atoms with Gasteiger partial charge in [0.15, 0.2) is 0 Å². The van der Waals surface area contributed by atoms with Crippen LogP contribution >= 0.6 is 34.8 Å². The average Bonchev–Trinajstić information content (AvgIpc) is 2.90. The summed E-state index contributed by atoms with van der Waals surface area (Å²) < 4.78 is 55.7. The molecular formula is C26H20Cl3N3O5S2. The topological polar surface area (TPSA) is 113 Å². The monoisotopic (exact) mass is 623 g/mol. The van der Waals surface area contributed by atoms with Crippen LogP contribution < -0.4 is 14.3 Å². The van der Waals surface area contributed by atoms with Gasteiger partial charge in [-0.15, -0.1) is 0 Å². The van der Waals surface area contributed by atoms with Crippen molar-refractivity contribution in [2.45, 2.75) is 9.79 Å². The Bertz CT molecular complexity index is 1720. The Morgan fingerprint density at radius 3 is 2.08 bits per heavy atom. The minimum atomic E-state index is -4.11. The van der Waals surface area contributed by atoms with Gasteiger partial charge in [0.05, 0.1) is 31.2 Å². The Morgan fingerprint density at radius 1 is 0.744 bits per heavy atom. The van der Waals surface area contributed by atoms with Gasteiger partial charge in [0.2, 0.25) is 5.91 Å². The lowest BCUT2D eigenvalue weighted by atomic mass is 10.3. The fourth-order valence-corrected chi connectivity index (χ4v) is 6.59. The first-order chi connectivity index (χ1) is 18.5. The van der Waals surface area contributed by atoms with Crippen molar-refractivity contribution in [3.8, 4) is 0 Å². The number of sulfonamides is 2. The number of hydrogen-bond donors (Lipinski definition) is 2. The summed E-state index contributed by atoms with van der Waals surface area (Å²) in [6, 6.07) is 23.7. The van der Waals surface area contributed by atoms with E-state index in [1.54, 1.807) is 36.4 Å². The number of amides is 1. The van der Waals surface area contributed by atoms with Crippen LogP contribution in [0.5, 0.6) is 0 Å². The number of benzene rings is 4. The van der Waals surface area contributed by atoms with E-state index in [9.17, 15) is 21.6 Å². The molecule has 0 unspecified atom stereocenters. The highest BCUT2D eigenvalue weighted by molar-refractivity contribution is 7.93. The molecule has 13 heteroatoms. The third kappa shape index (κ3) is 6.84. The van der Waals surface area contributed by atoms with E-state index in [1.807, 2.05) is 0 Å². The second-order valence-electron chi connectivity index (χ2n) is 8.08. The molecule has 0 aliphatic carbocycles. The molecule has 0 saturated heterocycles. The Morgan fingerprint density at radius 2 is 1.41 bits per heavy atom. The minimum Gasteiger partial charge on any atom is -0.325 e. The number of rotatable bonds is 9. The highest BCUT2D eigenvalue weighted by Crippen LogP contribution is 2.31. The van der Waals surface area contributed by atoms with Gasteiger partial charge in [0.1, 0.15) is 6.54 Å². The van der Waals surface area contributed by atoms with Gasteiger partial charge in [-0.05, 0) is 66.7 Å². The van der Waals surface area contributed by atoms with Crippen LogP contribution in [0.2, 0.25) is 15.1 Å². The molecule has 4 aromatic carbocycles. The van der Waals surface area contributed by atoms with Crippen molar-refractivity contribution in [2.24, 2.45) is 0 Å². The van der Waals surface area contributed by atoms with Crippen LogP contribution in [-0.4, -0.2) is 29.3 Å². The van der Waals surface area contributed by atoms with Gasteiger partial charge < -0.3 is 5.32 Å². The summed E-state index contributed by atoms with van der Waals surface area (Å²) in [5.74, 6) is -0.658. The number of nitrogens with one attached hydrogen (secondary N) is 2. The van der Waals surface area contributed by atoms with Gasteiger partial charge in [0.25, 0.3) is 20.0 Å². The molecule has 202 valence electrons. The maximum Gasteiger partial charge on any atom is 0.264 e. The zero-order valence-corrected chi connectivity index (χ0v) is 23.8. The summed E-state index contributed by atoms with van der Waals surface area (Å²) in [5, 5.41) is 3.14. The third-order valence-corrected chi connectivity index (χ3v) is 9.58. The fraction of sp³-hybridized carbons (Fsp3) is 0.0385. The van der Waals surface area contributed by atoms with Crippen LogP contribution in [0.25, 0.3) is 0 Å². The molecule has 0 saturated carbocycles. The lowest BCUT2D eigenvalue weighted by molar-refractivity contribution is -0.114. The van der Waals surface area contributed by atoms with Crippen molar-refractivity contribution in [1.29, 1.82) is 0 Å². The van der Waals surface area contributed by atoms with E-state index in [0.29, 0.717) is 5.02 Å². The Labute approximate surface area is 241 Å². The van der Waals surface area contributed by atoms with Crippen molar-refractivity contribution in [3.63, 3.8) is 0 Å². The van der Waals surface area contributed by atoms with E-state index in [0.717, 1.165) is 4.31 Å². The molecule has 8 nitrogen and oxygen atoms in total. The standard InChI is InChI=1S/C26H20Cl3N3O5S2/c27-18-6-4-7-20(16-18)32(39(36,37)22-8-2-1-3-9-22)17-25(33)30-19-12-14-21(15-13-19)38(34,35)31-24-11-5-10-23(28)26(24)29/h1-16,31H,17H2,(H,30,33). The fourth-order valence-electron chi connectivity index (χ4n) is 3.50. The van der Waals surface area contributed by atoms with Crippen molar-refractivity contribution < 1.29 is 21.6 Å². The van der Waals surface area contributed by atoms with Crippen LogP contribution in [0, 0.1) is 0 Å². The minimum absolute atomic E-state index is 0.000331. The van der Waals surface area contributed by atoms with Crippen molar-refractivity contribution in [2.75, 3.05) is 20.9 Å². The third-order valence-electron chi connectivity index (χ3n) is 5.36. The molecule has 39 heavy (non-hydrogen) atoms. The number of carbonyl (C=O) groups excluding carboxylic acids is 1. The molecule has 2 N–H and O–H groups in total. The lowest BCUT2D eigenvalue weighted by Gasteiger charge is -2.24. The van der Waals surface area contributed by atoms with Gasteiger partial charge in [-0.25, -0.2) is 16.8 Å². The van der Waals surface area contributed by atoms with Crippen LogP contribution in [0.15, 0.2) is 107 Å². The first kappa shape index (κ1) is 28.7. The van der Waals surface area contributed by atoms with Crippen LogP contribution in [0.1, 0.15) is 0 Å². The summed E-state index contributed by atoms with van der Waals surface area (Å²) in [7, 11) is -8.13. The largest absolute Gasteiger partial charge is 0.325 e. The SMILES string of the molecule is O=C(CN(c1cccc(Cl)c1)S(=O)(=O)c1ccccc1)Nc1ccc(S(=O)(=O)Nc2cccc(Cl)c2Cl)cc1. The van der Waals surface area contributed by atoms with Gasteiger partial charge in [-0.3, -0.25) is 13.8 Å². The molecule has 0 aliphatic heterocycles. The number of hydrogen-bond acceptors (Lipinski definition) is 5. The summed E-state index contributed by atoms with van der Waals surface area (Å²) >= 11 is 18.1. The Kier molecular flexibility index (Phi) is 8.73. The second kappa shape index (κ2) is 11.8. The number of nitrogens with zero attached hydrogens (tertiary/aromatic N) is 1. The van der Waals surface area contributed by atoms with Gasteiger partial charge in [0, 0.05) is 10.7 Å². The second-order valence-corrected chi connectivity index (χ2v) is 12.9. The summed E-state index contributed by atoms with van der Waals surface area (Å²) in [6.45, 7) is -0.563. The van der Waals surface area contributed by atoms with Gasteiger partial charge in [-0.2, -0.15) is 0 Å². The number of halogens is 3. The number of carbonyl (C=O) groups is 1. The molecule has 1 amide bonds. The van der Waals surface area contributed by atoms with Crippen LogP contribution in [-0.2, 0) is 24.8 Å². The van der Waals surface area contributed by atoms with E-state index in [4.69, 9.17) is 34.8 Å². The highest BCUT2D eigenvalue weighted by atomic mass is 35.5. The van der Waals surface area contributed by atoms with Crippen molar-refractivity contribution in [1.82, 2.24) is 0 Å². The van der Waals surface area contributed by atoms with Crippen molar-refractivity contribution >= 4 is 77.8 Å². The molecular weight excluding hydrogens is 605 g/mol. The Balaban J connectivity index is 1.53. The first-order valence-corrected chi connectivity index (χ1v) is 15.2. The molecule has 0 spiro atoms. The van der Waals surface area contributed by atoms with E-state index in [1.165, 1.54) is 60.7 Å². The van der Waals surface area contributed by atoms with E-state index >= 15 is 0 Å². The Hall–Kier alpha value is -3.28. The molecule has 0 aromatic heterocycles. The molecule has 4 aromatic rings. The van der Waals surface area contributed by atoms with E-state index < -0.39 is 32.5 Å². The summed E-state index contributed by atoms with van der Waals surface area (Å²) in [4.78, 5) is 12.8. The van der Waals surface area contributed by atoms with Crippen molar-refractivity contribution in [3.05, 3.63) is 112 Å². The zero-order chi connectivity index (χ0) is 28.2. The van der Waals surface area contributed by atoms with Crippen LogP contribution in [0.4, 0.5) is 17.1 Å². The summed E-state index contributed by atoms with van der Waals surface area (Å²) in [5.41, 5.74) is 0.568. The summed E-state index contributed by atoms with van der Waals surface area (Å²) in [6.07, 6.45) is 0. The molecule has 0 bridgehead atoms. The van der Waals surface area contributed by atoms with Gasteiger partial charge in [-0.1, -0.05) is 65.1 Å². The molecule has 0 radical (unpaired) electrons. The lowest BCUT2D eigenvalue weighted by Crippen LogP contribution is -2.38. The maximum absolute atomic E-state index is 13.4. The van der Waals surface area contributed by atoms with Gasteiger partial charge >= 0.3 is 0 Å². The highest BCUT2D eigenvalue weighted by Gasteiger charge is 2.27. The molecule has 4 rings (SSSR count). The zero-order valence-electron chi connectivity index (χ0n) is 19.9. The molecule has 0 aliphatic rings. The molecule has 0 atom stereocenters. The van der Waals surface area contributed by atoms with Crippen LogP contribution in [0.3, 0.4) is 0 Å². The molecule has 0 fully saturated rings. The first-order valence-electron chi connectivity index (χ1n) is 11.2. The predicted octanol–water partition coefficient (Wildman–Crippen LogP) is 6.28. The van der Waals surface area contributed by atoms with E-state index in [-0.39, 0.29) is 36.9 Å². The quantitative estimate of drug-likeness (QED) is 0.228. The van der Waals surface area contributed by atoms with E-state index in [2.05, 4.69) is 10.0 Å².